The van der Waals surface area contributed by atoms with E-state index in [2.05, 4.69) is 10.3 Å². The minimum atomic E-state index is -0.454. The molecule has 0 saturated carbocycles. The summed E-state index contributed by atoms with van der Waals surface area (Å²) in [5.41, 5.74) is 8.75. The molecular weight excluding hydrogens is 344 g/mol. The monoisotopic (exact) mass is 362 g/mol. The van der Waals surface area contributed by atoms with E-state index < -0.39 is 10.8 Å². The minimum Gasteiger partial charge on any atom is -0.370 e. The highest BCUT2D eigenvalue weighted by molar-refractivity contribution is 5.93. The number of nitrogens with one attached hydrogen (secondary N) is 1. The summed E-state index contributed by atoms with van der Waals surface area (Å²) in [5, 5.41) is 13.9. The number of hydrogen-bond donors (Lipinski definition) is 2. The average molecular weight is 362 g/mol. The largest absolute Gasteiger partial charge is 0.370 e. The molecule has 0 aliphatic heterocycles. The topological polar surface area (TPSA) is 111 Å². The Morgan fingerprint density at radius 1 is 1.04 bits per heavy atom. The normalized spacial score (nSPS) is 10.4. The molecule has 1 aromatic heterocycles. The third-order valence-electron chi connectivity index (χ3n) is 4.13. The Balaban J connectivity index is 1.62. The SMILES string of the molecule is NC(=O)c1ccc(-c2ccnc(NCCc3ccc([N+](=O)[O-])cc3)c2)cc1. The average Bonchev–Trinajstić information content (AvgIpc) is 2.69. The molecule has 0 aliphatic carbocycles. The number of aromatic nitrogens is 1. The van der Waals surface area contributed by atoms with Crippen molar-refractivity contribution in [3.05, 3.63) is 88.1 Å². The lowest BCUT2D eigenvalue weighted by atomic mass is 10.0. The van der Waals surface area contributed by atoms with E-state index in [-0.39, 0.29) is 5.69 Å². The van der Waals surface area contributed by atoms with Gasteiger partial charge in [-0.3, -0.25) is 14.9 Å². The lowest BCUT2D eigenvalue weighted by molar-refractivity contribution is -0.384. The predicted molar refractivity (Wildman–Crippen MR) is 103 cm³/mol. The Bertz CT molecular complexity index is 954. The molecular formula is C20H18N4O3. The molecule has 1 heterocycles. The van der Waals surface area contributed by atoms with Crippen LogP contribution in [0.5, 0.6) is 0 Å². The van der Waals surface area contributed by atoms with Crippen molar-refractivity contribution in [1.29, 1.82) is 0 Å². The maximum Gasteiger partial charge on any atom is 0.269 e. The summed E-state index contributed by atoms with van der Waals surface area (Å²) in [4.78, 5) is 25.7. The Labute approximate surface area is 156 Å². The summed E-state index contributed by atoms with van der Waals surface area (Å²) in [6.45, 7) is 0.648. The first-order valence-electron chi connectivity index (χ1n) is 8.36. The van der Waals surface area contributed by atoms with Gasteiger partial charge in [0.1, 0.15) is 5.82 Å². The molecule has 3 N–H and O–H groups in total. The van der Waals surface area contributed by atoms with E-state index in [4.69, 9.17) is 5.73 Å². The number of non-ortho nitro benzene ring substituents is 1. The lowest BCUT2D eigenvalue weighted by Gasteiger charge is -2.08. The fourth-order valence-electron chi connectivity index (χ4n) is 2.65. The quantitative estimate of drug-likeness (QED) is 0.494. The van der Waals surface area contributed by atoms with Crippen LogP contribution >= 0.6 is 0 Å². The Hall–Kier alpha value is -3.74. The molecule has 3 rings (SSSR count). The zero-order chi connectivity index (χ0) is 19.2. The number of rotatable bonds is 7. The van der Waals surface area contributed by atoms with Crippen molar-refractivity contribution in [2.24, 2.45) is 5.73 Å². The van der Waals surface area contributed by atoms with Crippen molar-refractivity contribution >= 4 is 17.4 Å². The predicted octanol–water partition coefficient (Wildman–Crippen LogP) is 3.41. The number of nitrogens with zero attached hydrogens (tertiary/aromatic N) is 2. The second-order valence-electron chi connectivity index (χ2n) is 5.97. The molecule has 0 spiro atoms. The van der Waals surface area contributed by atoms with Gasteiger partial charge in [0.15, 0.2) is 0 Å². The summed E-state index contributed by atoms with van der Waals surface area (Å²) in [5.74, 6) is 0.276. The second-order valence-corrected chi connectivity index (χ2v) is 5.97. The van der Waals surface area contributed by atoms with Gasteiger partial charge in [0.05, 0.1) is 4.92 Å². The van der Waals surface area contributed by atoms with Gasteiger partial charge in [-0.1, -0.05) is 24.3 Å². The highest BCUT2D eigenvalue weighted by atomic mass is 16.6. The number of hydrogen-bond acceptors (Lipinski definition) is 5. The van der Waals surface area contributed by atoms with E-state index in [9.17, 15) is 14.9 Å². The zero-order valence-corrected chi connectivity index (χ0v) is 14.5. The number of amides is 1. The van der Waals surface area contributed by atoms with Crippen molar-refractivity contribution in [2.45, 2.75) is 6.42 Å². The van der Waals surface area contributed by atoms with E-state index >= 15 is 0 Å². The second kappa shape index (κ2) is 8.09. The number of pyridine rings is 1. The van der Waals surface area contributed by atoms with E-state index in [1.165, 1.54) is 12.1 Å². The van der Waals surface area contributed by atoms with Crippen LogP contribution in [0.2, 0.25) is 0 Å². The number of nitro benzene ring substituents is 1. The van der Waals surface area contributed by atoms with Crippen molar-refractivity contribution in [3.63, 3.8) is 0 Å². The summed E-state index contributed by atoms with van der Waals surface area (Å²) in [6, 6.07) is 17.4. The number of nitrogens with two attached hydrogens (primary N) is 1. The van der Waals surface area contributed by atoms with Gasteiger partial charge >= 0.3 is 0 Å². The Morgan fingerprint density at radius 3 is 2.37 bits per heavy atom. The summed E-state index contributed by atoms with van der Waals surface area (Å²) < 4.78 is 0. The molecule has 0 saturated heterocycles. The maximum absolute atomic E-state index is 11.2. The van der Waals surface area contributed by atoms with E-state index in [0.717, 1.165) is 28.9 Å². The van der Waals surface area contributed by atoms with Crippen LogP contribution in [0, 0.1) is 10.1 Å². The van der Waals surface area contributed by atoms with Crippen LogP contribution in [-0.2, 0) is 6.42 Å². The van der Waals surface area contributed by atoms with Gasteiger partial charge in [-0.05, 0) is 47.4 Å². The fourth-order valence-corrected chi connectivity index (χ4v) is 2.65. The molecule has 0 aliphatic rings. The number of anilines is 1. The number of benzene rings is 2. The molecule has 136 valence electrons. The summed E-state index contributed by atoms with van der Waals surface area (Å²) >= 11 is 0. The van der Waals surface area contributed by atoms with Gasteiger partial charge in [-0.15, -0.1) is 0 Å². The van der Waals surface area contributed by atoms with Crippen molar-refractivity contribution in [3.8, 4) is 11.1 Å². The van der Waals surface area contributed by atoms with Gasteiger partial charge in [0.2, 0.25) is 5.91 Å². The molecule has 0 fully saturated rings. The van der Waals surface area contributed by atoms with Gasteiger partial charge in [0.25, 0.3) is 5.69 Å². The van der Waals surface area contributed by atoms with Crippen LogP contribution < -0.4 is 11.1 Å². The number of carbonyl (C=O) groups excluding carboxylic acids is 1. The van der Waals surface area contributed by atoms with Crippen LogP contribution in [0.4, 0.5) is 11.5 Å². The molecule has 7 heteroatoms. The number of carbonyl (C=O) groups is 1. The summed E-state index contributed by atoms with van der Waals surface area (Å²) in [7, 11) is 0. The number of primary amides is 1. The molecule has 1 amide bonds. The lowest BCUT2D eigenvalue weighted by Crippen LogP contribution is -2.10. The molecule has 0 atom stereocenters. The van der Waals surface area contributed by atoms with E-state index in [1.54, 1.807) is 30.5 Å². The van der Waals surface area contributed by atoms with Gasteiger partial charge in [0, 0.05) is 30.4 Å². The van der Waals surface area contributed by atoms with Crippen molar-refractivity contribution in [2.75, 3.05) is 11.9 Å². The van der Waals surface area contributed by atoms with Gasteiger partial charge in [-0.2, -0.15) is 0 Å². The smallest absolute Gasteiger partial charge is 0.269 e. The molecule has 2 aromatic carbocycles. The molecule has 3 aromatic rings. The summed E-state index contributed by atoms with van der Waals surface area (Å²) in [6.07, 6.45) is 2.43. The van der Waals surface area contributed by atoms with Crippen LogP contribution in [0.15, 0.2) is 66.9 Å². The van der Waals surface area contributed by atoms with E-state index in [0.29, 0.717) is 12.1 Å². The molecule has 0 bridgehead atoms. The highest BCUT2D eigenvalue weighted by Gasteiger charge is 2.05. The Kier molecular flexibility index (Phi) is 5.41. The minimum absolute atomic E-state index is 0.0865. The van der Waals surface area contributed by atoms with Gasteiger partial charge < -0.3 is 11.1 Å². The third kappa shape index (κ3) is 4.66. The van der Waals surface area contributed by atoms with Crippen LogP contribution in [0.25, 0.3) is 11.1 Å². The first kappa shape index (κ1) is 18.1. The third-order valence-corrected chi connectivity index (χ3v) is 4.13. The van der Waals surface area contributed by atoms with E-state index in [1.807, 2.05) is 24.3 Å². The van der Waals surface area contributed by atoms with Crippen LogP contribution in [0.1, 0.15) is 15.9 Å². The molecule has 27 heavy (non-hydrogen) atoms. The van der Waals surface area contributed by atoms with Crippen LogP contribution in [0.3, 0.4) is 0 Å². The van der Waals surface area contributed by atoms with Crippen molar-refractivity contribution < 1.29 is 9.72 Å². The van der Waals surface area contributed by atoms with Gasteiger partial charge in [-0.25, -0.2) is 4.98 Å². The van der Waals surface area contributed by atoms with Crippen molar-refractivity contribution in [1.82, 2.24) is 4.98 Å². The first-order valence-corrected chi connectivity index (χ1v) is 8.36. The fraction of sp³-hybridized carbons (Fsp3) is 0.100. The first-order chi connectivity index (χ1) is 13.0. The highest BCUT2D eigenvalue weighted by Crippen LogP contribution is 2.22. The zero-order valence-electron chi connectivity index (χ0n) is 14.5. The Morgan fingerprint density at radius 2 is 1.74 bits per heavy atom. The molecule has 7 nitrogen and oxygen atoms in total. The molecule has 0 radical (unpaired) electrons. The van der Waals surface area contributed by atoms with Crippen LogP contribution in [-0.4, -0.2) is 22.4 Å². The standard InChI is InChI=1S/C20H18N4O3/c21-20(25)16-5-3-15(4-6-16)17-10-12-23-19(13-17)22-11-9-14-1-7-18(8-2-14)24(26)27/h1-8,10,12-13H,9,11H2,(H2,21,25)(H,22,23). The molecule has 0 unspecified atom stereocenters. The maximum atomic E-state index is 11.2. The number of nitro groups is 1.